The second kappa shape index (κ2) is 7.34. The molecule has 25 heavy (non-hydrogen) atoms. The Kier molecular flexibility index (Phi) is 5.16. The number of aryl methyl sites for hydroxylation is 1. The van der Waals surface area contributed by atoms with Crippen molar-refractivity contribution in [3.05, 3.63) is 77.9 Å². The van der Waals surface area contributed by atoms with Crippen LogP contribution in [-0.4, -0.2) is 14.7 Å². The minimum Gasteiger partial charge on any atom is -0.303 e. The summed E-state index contributed by atoms with van der Waals surface area (Å²) in [7, 11) is -4.64. The lowest BCUT2D eigenvalue weighted by atomic mass is 9.92. The predicted molar refractivity (Wildman–Crippen MR) is 101 cm³/mol. The fourth-order valence-electron chi connectivity index (χ4n) is 2.98. The summed E-state index contributed by atoms with van der Waals surface area (Å²) in [5.41, 5.74) is 5.48. The van der Waals surface area contributed by atoms with Crippen molar-refractivity contribution in [1.82, 2.24) is 0 Å². The van der Waals surface area contributed by atoms with E-state index in [1.807, 2.05) is 0 Å². The normalized spacial score (nSPS) is 13.1. The molecular formula is C20H19O4P. The molecule has 128 valence electrons. The van der Waals surface area contributed by atoms with Crippen molar-refractivity contribution in [2.24, 2.45) is 0 Å². The average Bonchev–Trinajstić information content (AvgIpc) is 2.59. The Morgan fingerprint density at radius 3 is 2.20 bits per heavy atom. The number of benzene rings is 3. The first-order chi connectivity index (χ1) is 11.9. The van der Waals surface area contributed by atoms with Gasteiger partial charge in [0.2, 0.25) is 0 Å². The third-order valence-corrected chi connectivity index (χ3v) is 4.10. The topological polar surface area (TPSA) is 77.8 Å². The molecule has 0 saturated carbocycles. The number of phosphoric acid groups is 1. The first-order valence-electron chi connectivity index (χ1n) is 7.97. The van der Waals surface area contributed by atoms with E-state index >= 15 is 0 Å². The second-order valence-electron chi connectivity index (χ2n) is 5.93. The quantitative estimate of drug-likeness (QED) is 0.561. The molecule has 0 atom stereocenters. The zero-order chi connectivity index (χ0) is 17.9. The van der Waals surface area contributed by atoms with Crippen molar-refractivity contribution in [2.45, 2.75) is 12.8 Å². The number of rotatable bonds is 1. The highest BCUT2D eigenvalue weighted by atomic mass is 31.2. The molecule has 0 spiro atoms. The molecule has 0 unspecified atom stereocenters. The molecule has 4 nitrogen and oxygen atoms in total. The summed E-state index contributed by atoms with van der Waals surface area (Å²) in [6.07, 6.45) is 6.82. The minimum absolute atomic E-state index is 1.16. The lowest BCUT2D eigenvalue weighted by Crippen LogP contribution is -1.94. The molecule has 0 heterocycles. The maximum absolute atomic E-state index is 8.88. The molecule has 0 amide bonds. The van der Waals surface area contributed by atoms with E-state index in [0.29, 0.717) is 0 Å². The maximum Gasteiger partial charge on any atom is 0.466 e. The molecule has 0 aliphatic heterocycles. The molecule has 3 aromatic rings. The van der Waals surface area contributed by atoms with Gasteiger partial charge in [0.1, 0.15) is 0 Å². The zero-order valence-electron chi connectivity index (χ0n) is 13.5. The summed E-state index contributed by atoms with van der Waals surface area (Å²) in [6, 6.07) is 22.1. The summed E-state index contributed by atoms with van der Waals surface area (Å²) in [4.78, 5) is 21.6. The second-order valence-corrected chi connectivity index (χ2v) is 6.96. The highest BCUT2D eigenvalue weighted by molar-refractivity contribution is 7.45. The fraction of sp³-hybridized carbons (Fsp3) is 0.100. The molecule has 3 N–H and O–H groups in total. The van der Waals surface area contributed by atoms with Crippen molar-refractivity contribution in [1.29, 1.82) is 0 Å². The standard InChI is InChI=1S/C20H16.H3O4P/c1-3-7-17-13-19(11-9-15(17)5-1)20-12-10-16-6-2-4-8-18(16)14-20;1-5(2,3)4/h1-3,5-7,9-14H,4,8H2;(H3,1,2,3,4). The lowest BCUT2D eigenvalue weighted by Gasteiger charge is -2.12. The molecule has 0 aromatic heterocycles. The highest BCUT2D eigenvalue weighted by Gasteiger charge is 2.07. The van der Waals surface area contributed by atoms with Crippen molar-refractivity contribution in [2.75, 3.05) is 0 Å². The van der Waals surface area contributed by atoms with Gasteiger partial charge >= 0.3 is 7.82 Å². The van der Waals surface area contributed by atoms with Crippen molar-refractivity contribution in [3.8, 4) is 11.1 Å². The van der Waals surface area contributed by atoms with Gasteiger partial charge in [-0.05, 0) is 51.9 Å². The highest BCUT2D eigenvalue weighted by Crippen LogP contribution is 2.28. The van der Waals surface area contributed by atoms with Gasteiger partial charge in [0, 0.05) is 0 Å². The smallest absolute Gasteiger partial charge is 0.303 e. The van der Waals surface area contributed by atoms with E-state index in [1.54, 1.807) is 0 Å². The SMILES string of the molecule is C1=Cc2ccc(-c3ccc4ccccc4c3)cc2CC1.O=P(O)(O)O. The predicted octanol–water partition coefficient (Wildman–Crippen LogP) is 4.54. The van der Waals surface area contributed by atoms with Crippen LogP contribution in [0, 0.1) is 0 Å². The molecule has 0 bridgehead atoms. The largest absolute Gasteiger partial charge is 0.466 e. The zero-order valence-corrected chi connectivity index (χ0v) is 14.4. The molecular weight excluding hydrogens is 335 g/mol. The Labute approximate surface area is 146 Å². The Morgan fingerprint density at radius 2 is 1.44 bits per heavy atom. The molecule has 4 rings (SSSR count). The van der Waals surface area contributed by atoms with Crippen LogP contribution in [0.3, 0.4) is 0 Å². The van der Waals surface area contributed by atoms with E-state index in [4.69, 9.17) is 19.2 Å². The van der Waals surface area contributed by atoms with E-state index in [9.17, 15) is 0 Å². The molecule has 5 heteroatoms. The Morgan fingerprint density at radius 1 is 0.800 bits per heavy atom. The summed E-state index contributed by atoms with van der Waals surface area (Å²) >= 11 is 0. The Balaban J connectivity index is 0.000000324. The third-order valence-electron chi connectivity index (χ3n) is 4.10. The first kappa shape index (κ1) is 17.6. The van der Waals surface area contributed by atoms with Crippen LogP contribution in [0.2, 0.25) is 0 Å². The molecule has 0 radical (unpaired) electrons. The van der Waals surface area contributed by atoms with E-state index in [0.717, 1.165) is 12.8 Å². The van der Waals surface area contributed by atoms with Gasteiger partial charge in [0.25, 0.3) is 0 Å². The van der Waals surface area contributed by atoms with Crippen molar-refractivity contribution >= 4 is 24.7 Å². The van der Waals surface area contributed by atoms with Gasteiger partial charge in [-0.2, -0.15) is 0 Å². The fourth-order valence-corrected chi connectivity index (χ4v) is 2.98. The van der Waals surface area contributed by atoms with Gasteiger partial charge in [-0.25, -0.2) is 4.57 Å². The minimum atomic E-state index is -4.64. The van der Waals surface area contributed by atoms with E-state index < -0.39 is 7.82 Å². The van der Waals surface area contributed by atoms with Crippen LogP contribution in [0.1, 0.15) is 17.5 Å². The lowest BCUT2D eigenvalue weighted by molar-refractivity contribution is 0.275. The van der Waals surface area contributed by atoms with Crippen LogP contribution in [-0.2, 0) is 11.0 Å². The number of fused-ring (bicyclic) bond motifs is 2. The third kappa shape index (κ3) is 4.88. The summed E-state index contributed by atoms with van der Waals surface area (Å²) in [5.74, 6) is 0. The number of allylic oxidation sites excluding steroid dienone is 1. The van der Waals surface area contributed by atoms with Crippen LogP contribution >= 0.6 is 7.82 Å². The van der Waals surface area contributed by atoms with Crippen LogP contribution < -0.4 is 0 Å². The molecule has 3 aromatic carbocycles. The molecule has 1 aliphatic rings. The summed E-state index contributed by atoms with van der Waals surface area (Å²) < 4.78 is 8.88. The van der Waals surface area contributed by atoms with Gasteiger partial charge < -0.3 is 14.7 Å². The van der Waals surface area contributed by atoms with Gasteiger partial charge in [-0.3, -0.25) is 0 Å². The van der Waals surface area contributed by atoms with Crippen LogP contribution in [0.5, 0.6) is 0 Å². The first-order valence-corrected chi connectivity index (χ1v) is 9.53. The number of hydrogen-bond acceptors (Lipinski definition) is 1. The molecule has 0 saturated heterocycles. The van der Waals surface area contributed by atoms with E-state index in [1.165, 1.54) is 33.0 Å². The number of hydrogen-bond donors (Lipinski definition) is 3. The van der Waals surface area contributed by atoms with Crippen LogP contribution in [0.25, 0.3) is 28.0 Å². The molecule has 1 aliphatic carbocycles. The Bertz CT molecular complexity index is 964. The monoisotopic (exact) mass is 354 g/mol. The van der Waals surface area contributed by atoms with Crippen molar-refractivity contribution < 1.29 is 19.2 Å². The van der Waals surface area contributed by atoms with Gasteiger partial charge in [0.05, 0.1) is 0 Å². The van der Waals surface area contributed by atoms with Crippen molar-refractivity contribution in [3.63, 3.8) is 0 Å². The van der Waals surface area contributed by atoms with E-state index in [-0.39, 0.29) is 0 Å². The van der Waals surface area contributed by atoms with Crippen LogP contribution in [0.4, 0.5) is 0 Å². The summed E-state index contributed by atoms with van der Waals surface area (Å²) in [5, 5.41) is 2.61. The summed E-state index contributed by atoms with van der Waals surface area (Å²) in [6.45, 7) is 0. The average molecular weight is 354 g/mol. The van der Waals surface area contributed by atoms with Gasteiger partial charge in [-0.15, -0.1) is 0 Å². The van der Waals surface area contributed by atoms with Gasteiger partial charge in [0.15, 0.2) is 0 Å². The Hall–Kier alpha value is -2.23. The molecule has 0 fully saturated rings. The maximum atomic E-state index is 8.88. The van der Waals surface area contributed by atoms with Gasteiger partial charge in [-0.1, -0.05) is 66.7 Å². The van der Waals surface area contributed by atoms with Crippen LogP contribution in [0.15, 0.2) is 66.7 Å². The van der Waals surface area contributed by atoms with E-state index in [2.05, 4.69) is 72.8 Å².